The van der Waals surface area contributed by atoms with E-state index in [1.165, 1.54) is 51.4 Å². The second kappa shape index (κ2) is 16.9. The maximum atomic E-state index is 12.6. The first-order valence-corrected chi connectivity index (χ1v) is 12.0. The number of hydrogen-bond acceptors (Lipinski definition) is 4. The Morgan fingerprint density at radius 1 is 0.679 bits per heavy atom. The highest BCUT2D eigenvalue weighted by Crippen LogP contribution is 2.33. The molecule has 4 nitrogen and oxygen atoms in total. The van der Waals surface area contributed by atoms with Crippen LogP contribution in [0.3, 0.4) is 0 Å². The molecule has 1 fully saturated rings. The predicted octanol–water partition coefficient (Wildman–Crippen LogP) is 6.60. The highest BCUT2D eigenvalue weighted by molar-refractivity contribution is 5.95. The maximum absolute atomic E-state index is 12.6. The van der Waals surface area contributed by atoms with E-state index in [2.05, 4.69) is 13.8 Å². The third-order valence-corrected chi connectivity index (χ3v) is 5.86. The SMILES string of the molecule is CCCCCCCCOC(=O)C(C(=O)OCCCCCCCC)C1CCCC1. The Kier molecular flexibility index (Phi) is 15.0. The molecule has 1 saturated carbocycles. The zero-order valence-corrected chi connectivity index (χ0v) is 18.5. The lowest BCUT2D eigenvalue weighted by Crippen LogP contribution is -2.33. The topological polar surface area (TPSA) is 52.6 Å². The number of hydrogen-bond donors (Lipinski definition) is 0. The lowest BCUT2D eigenvalue weighted by molar-refractivity contribution is -0.165. The van der Waals surface area contributed by atoms with Crippen LogP contribution in [0.2, 0.25) is 0 Å². The van der Waals surface area contributed by atoms with Gasteiger partial charge in [0.2, 0.25) is 0 Å². The molecule has 28 heavy (non-hydrogen) atoms. The van der Waals surface area contributed by atoms with Gasteiger partial charge < -0.3 is 9.47 Å². The van der Waals surface area contributed by atoms with Crippen LogP contribution in [0.5, 0.6) is 0 Å². The van der Waals surface area contributed by atoms with Crippen molar-refractivity contribution < 1.29 is 19.1 Å². The van der Waals surface area contributed by atoms with E-state index in [1.807, 2.05) is 0 Å². The molecular weight excluding hydrogens is 352 g/mol. The molecule has 164 valence electrons. The molecule has 1 rings (SSSR count). The van der Waals surface area contributed by atoms with Crippen LogP contribution in [-0.4, -0.2) is 25.2 Å². The second-order valence-corrected chi connectivity index (χ2v) is 8.39. The van der Waals surface area contributed by atoms with Gasteiger partial charge in [-0.3, -0.25) is 9.59 Å². The van der Waals surface area contributed by atoms with E-state index in [1.54, 1.807) is 0 Å². The standard InChI is InChI=1S/C24H44O4/c1-3-5-7-9-11-15-19-27-23(25)22(21-17-13-14-18-21)24(26)28-20-16-12-10-8-6-4-2/h21-22H,3-20H2,1-2H3. The minimum Gasteiger partial charge on any atom is -0.465 e. The molecule has 0 amide bonds. The molecule has 0 aromatic rings. The number of carbonyl (C=O) groups is 2. The van der Waals surface area contributed by atoms with E-state index >= 15 is 0 Å². The summed E-state index contributed by atoms with van der Waals surface area (Å²) in [7, 11) is 0. The number of ether oxygens (including phenoxy) is 2. The molecule has 1 aliphatic rings. The summed E-state index contributed by atoms with van der Waals surface area (Å²) in [4.78, 5) is 25.2. The predicted molar refractivity (Wildman–Crippen MR) is 114 cm³/mol. The Morgan fingerprint density at radius 3 is 1.50 bits per heavy atom. The van der Waals surface area contributed by atoms with Gasteiger partial charge >= 0.3 is 11.9 Å². The summed E-state index contributed by atoms with van der Waals surface area (Å²) in [6, 6.07) is 0. The summed E-state index contributed by atoms with van der Waals surface area (Å²) in [6.07, 6.45) is 17.9. The van der Waals surface area contributed by atoms with Gasteiger partial charge in [-0.05, 0) is 31.6 Å². The van der Waals surface area contributed by atoms with E-state index in [-0.39, 0.29) is 17.9 Å². The minimum absolute atomic E-state index is 0.106. The average Bonchev–Trinajstić information content (AvgIpc) is 3.21. The van der Waals surface area contributed by atoms with E-state index in [4.69, 9.17) is 9.47 Å². The molecule has 0 aromatic heterocycles. The van der Waals surface area contributed by atoms with Gasteiger partial charge in [-0.25, -0.2) is 0 Å². The fourth-order valence-corrected chi connectivity index (χ4v) is 4.06. The number of esters is 2. The average molecular weight is 397 g/mol. The first kappa shape index (κ1) is 25.0. The van der Waals surface area contributed by atoms with Crippen molar-refractivity contribution >= 4 is 11.9 Å². The molecule has 0 heterocycles. The van der Waals surface area contributed by atoms with Gasteiger partial charge in [0, 0.05) is 0 Å². The highest BCUT2D eigenvalue weighted by Gasteiger charge is 2.38. The van der Waals surface area contributed by atoms with Crippen LogP contribution in [0.15, 0.2) is 0 Å². The Hall–Kier alpha value is -1.06. The van der Waals surface area contributed by atoms with Crippen molar-refractivity contribution in [3.63, 3.8) is 0 Å². The smallest absolute Gasteiger partial charge is 0.320 e. The highest BCUT2D eigenvalue weighted by atomic mass is 16.6. The van der Waals surface area contributed by atoms with Crippen LogP contribution in [0, 0.1) is 11.8 Å². The Bertz CT molecular complexity index is 371. The van der Waals surface area contributed by atoms with Crippen molar-refractivity contribution in [1.82, 2.24) is 0 Å². The van der Waals surface area contributed by atoms with Crippen molar-refractivity contribution in [2.75, 3.05) is 13.2 Å². The van der Waals surface area contributed by atoms with E-state index < -0.39 is 5.92 Å². The molecule has 0 spiro atoms. The first-order valence-electron chi connectivity index (χ1n) is 12.0. The Morgan fingerprint density at radius 2 is 1.07 bits per heavy atom. The summed E-state index contributed by atoms with van der Waals surface area (Å²) < 4.78 is 11.0. The van der Waals surface area contributed by atoms with Crippen LogP contribution in [0.4, 0.5) is 0 Å². The lowest BCUT2D eigenvalue weighted by atomic mass is 9.91. The molecule has 0 unspecified atom stereocenters. The van der Waals surface area contributed by atoms with Crippen molar-refractivity contribution in [3.8, 4) is 0 Å². The molecule has 0 aliphatic heterocycles. The zero-order chi connectivity index (χ0) is 20.5. The molecule has 4 heteroatoms. The quantitative estimate of drug-likeness (QED) is 0.158. The van der Waals surface area contributed by atoms with Gasteiger partial charge in [0.1, 0.15) is 0 Å². The normalized spacial score (nSPS) is 14.5. The molecular formula is C24H44O4. The maximum Gasteiger partial charge on any atom is 0.320 e. The van der Waals surface area contributed by atoms with E-state index in [0.717, 1.165) is 51.4 Å². The fraction of sp³-hybridized carbons (Fsp3) is 0.917. The number of unbranched alkanes of at least 4 members (excludes halogenated alkanes) is 10. The van der Waals surface area contributed by atoms with Gasteiger partial charge in [-0.15, -0.1) is 0 Å². The van der Waals surface area contributed by atoms with Crippen molar-refractivity contribution in [1.29, 1.82) is 0 Å². The van der Waals surface area contributed by atoms with Crippen molar-refractivity contribution in [2.24, 2.45) is 11.8 Å². The summed E-state index contributed by atoms with van der Waals surface area (Å²) in [5, 5.41) is 0. The van der Waals surface area contributed by atoms with Gasteiger partial charge in [0.15, 0.2) is 5.92 Å². The molecule has 0 atom stereocenters. The van der Waals surface area contributed by atoms with Gasteiger partial charge in [-0.2, -0.15) is 0 Å². The zero-order valence-electron chi connectivity index (χ0n) is 18.5. The molecule has 0 bridgehead atoms. The monoisotopic (exact) mass is 396 g/mol. The molecule has 0 saturated heterocycles. The van der Waals surface area contributed by atoms with Gasteiger partial charge in [0.25, 0.3) is 0 Å². The molecule has 0 radical (unpaired) electrons. The van der Waals surface area contributed by atoms with Gasteiger partial charge in [-0.1, -0.05) is 90.9 Å². The summed E-state index contributed by atoms with van der Waals surface area (Å²) in [6.45, 7) is 5.27. The van der Waals surface area contributed by atoms with E-state index in [9.17, 15) is 9.59 Å². The number of carbonyl (C=O) groups excluding carboxylic acids is 2. The summed E-state index contributed by atoms with van der Waals surface area (Å²) >= 11 is 0. The number of rotatable bonds is 17. The third-order valence-electron chi connectivity index (χ3n) is 5.86. The van der Waals surface area contributed by atoms with Gasteiger partial charge in [0.05, 0.1) is 13.2 Å². The Balaban J connectivity index is 2.30. The van der Waals surface area contributed by atoms with Crippen LogP contribution in [0.25, 0.3) is 0 Å². The Labute approximate surface area is 173 Å². The van der Waals surface area contributed by atoms with Crippen LogP contribution < -0.4 is 0 Å². The minimum atomic E-state index is -0.706. The van der Waals surface area contributed by atoms with Crippen LogP contribution in [0.1, 0.15) is 117 Å². The summed E-state index contributed by atoms with van der Waals surface area (Å²) in [5.41, 5.74) is 0. The third kappa shape index (κ3) is 11.1. The van der Waals surface area contributed by atoms with Crippen molar-refractivity contribution in [2.45, 2.75) is 117 Å². The second-order valence-electron chi connectivity index (χ2n) is 8.39. The van der Waals surface area contributed by atoms with Crippen molar-refractivity contribution in [3.05, 3.63) is 0 Å². The molecule has 1 aliphatic carbocycles. The largest absolute Gasteiger partial charge is 0.465 e. The molecule has 0 aromatic carbocycles. The lowest BCUT2D eigenvalue weighted by Gasteiger charge is -2.20. The van der Waals surface area contributed by atoms with Crippen LogP contribution in [-0.2, 0) is 19.1 Å². The van der Waals surface area contributed by atoms with E-state index in [0.29, 0.717) is 13.2 Å². The first-order chi connectivity index (χ1) is 13.7. The molecule has 0 N–H and O–H groups in total. The van der Waals surface area contributed by atoms with Crippen LogP contribution >= 0.6 is 0 Å². The fourth-order valence-electron chi connectivity index (χ4n) is 4.06. The summed E-state index contributed by atoms with van der Waals surface area (Å²) in [5.74, 6) is -1.31.